The van der Waals surface area contributed by atoms with Crippen molar-refractivity contribution in [2.45, 2.75) is 0 Å². The molecule has 0 atom stereocenters. The van der Waals surface area contributed by atoms with E-state index in [0.717, 1.165) is 6.08 Å². The summed E-state index contributed by atoms with van der Waals surface area (Å²) in [5.41, 5.74) is 1.19. The van der Waals surface area contributed by atoms with Gasteiger partial charge in [0.05, 0.1) is 5.57 Å². The summed E-state index contributed by atoms with van der Waals surface area (Å²) in [5, 5.41) is 18.1. The first kappa shape index (κ1) is 15.0. The standard InChI is InChI=1S/C14H7Cl2N3O2/c15-11-6-12(16)19-14(18-11)9-3-1-8(2-4-9)10(7-17)5-13(20)21/h1-6H,(H,20,21). The second-order valence-corrected chi connectivity index (χ2v) is 4.70. The first-order valence-electron chi connectivity index (χ1n) is 5.65. The molecule has 104 valence electrons. The molecule has 21 heavy (non-hydrogen) atoms. The van der Waals surface area contributed by atoms with E-state index in [1.165, 1.54) is 6.07 Å². The summed E-state index contributed by atoms with van der Waals surface area (Å²) >= 11 is 11.6. The SMILES string of the molecule is N#CC(=CC(=O)O)c1ccc(-c2nc(Cl)cc(Cl)n2)cc1. The zero-order valence-corrected chi connectivity index (χ0v) is 11.9. The lowest BCUT2D eigenvalue weighted by Gasteiger charge is -2.03. The molecule has 0 spiro atoms. The second-order valence-electron chi connectivity index (χ2n) is 3.92. The quantitative estimate of drug-likeness (QED) is 0.532. The van der Waals surface area contributed by atoms with Crippen LogP contribution in [0.2, 0.25) is 10.3 Å². The summed E-state index contributed by atoms with van der Waals surface area (Å²) < 4.78 is 0. The fourth-order valence-corrected chi connectivity index (χ4v) is 2.04. The Morgan fingerprint density at radius 3 is 2.24 bits per heavy atom. The third-order valence-corrected chi connectivity index (χ3v) is 2.89. The Kier molecular flexibility index (Phi) is 4.53. The van der Waals surface area contributed by atoms with Crippen LogP contribution in [0.1, 0.15) is 5.56 Å². The largest absolute Gasteiger partial charge is 0.478 e. The molecular formula is C14H7Cl2N3O2. The van der Waals surface area contributed by atoms with Crippen molar-refractivity contribution < 1.29 is 9.90 Å². The maximum atomic E-state index is 10.6. The van der Waals surface area contributed by atoms with Crippen molar-refractivity contribution in [3.63, 3.8) is 0 Å². The summed E-state index contributed by atoms with van der Waals surface area (Å²) in [5.74, 6) is -0.833. The lowest BCUT2D eigenvalue weighted by atomic mass is 10.0. The number of halogens is 2. The van der Waals surface area contributed by atoms with E-state index in [-0.39, 0.29) is 15.9 Å². The Morgan fingerprint density at radius 2 is 1.76 bits per heavy atom. The third kappa shape index (κ3) is 3.78. The Labute approximate surface area is 130 Å². The van der Waals surface area contributed by atoms with E-state index in [4.69, 9.17) is 33.6 Å². The second kappa shape index (κ2) is 6.35. The van der Waals surface area contributed by atoms with Crippen molar-refractivity contribution in [3.8, 4) is 17.5 Å². The molecular weight excluding hydrogens is 313 g/mol. The lowest BCUT2D eigenvalue weighted by Crippen LogP contribution is -1.93. The van der Waals surface area contributed by atoms with Crippen molar-refractivity contribution in [1.82, 2.24) is 9.97 Å². The van der Waals surface area contributed by atoms with Crippen molar-refractivity contribution >= 4 is 34.7 Å². The van der Waals surface area contributed by atoms with Gasteiger partial charge in [-0.1, -0.05) is 47.5 Å². The van der Waals surface area contributed by atoms with E-state index in [1.54, 1.807) is 24.3 Å². The van der Waals surface area contributed by atoms with Gasteiger partial charge in [0.1, 0.15) is 16.4 Å². The Morgan fingerprint density at radius 1 is 1.19 bits per heavy atom. The van der Waals surface area contributed by atoms with E-state index in [2.05, 4.69) is 9.97 Å². The molecule has 1 aromatic carbocycles. The number of aliphatic carboxylic acids is 1. The molecule has 0 saturated carbocycles. The smallest absolute Gasteiger partial charge is 0.329 e. The summed E-state index contributed by atoms with van der Waals surface area (Å²) in [6.07, 6.45) is 0.849. The van der Waals surface area contributed by atoms with Gasteiger partial charge in [0.15, 0.2) is 5.82 Å². The number of nitriles is 1. The van der Waals surface area contributed by atoms with Crippen LogP contribution in [0.15, 0.2) is 36.4 Å². The lowest BCUT2D eigenvalue weighted by molar-refractivity contribution is -0.131. The number of hydrogen-bond donors (Lipinski definition) is 1. The zero-order valence-electron chi connectivity index (χ0n) is 10.4. The zero-order chi connectivity index (χ0) is 15.4. The summed E-state index contributed by atoms with van der Waals surface area (Å²) in [7, 11) is 0. The molecule has 0 radical (unpaired) electrons. The number of carbonyl (C=O) groups is 1. The Bertz CT molecular complexity index is 745. The van der Waals surface area contributed by atoms with Crippen molar-refractivity contribution in [2.75, 3.05) is 0 Å². The molecule has 1 aromatic heterocycles. The fraction of sp³-hybridized carbons (Fsp3) is 0. The number of carboxylic acid groups (broad SMARTS) is 1. The summed E-state index contributed by atoms with van der Waals surface area (Å²) in [4.78, 5) is 18.7. The number of nitrogens with zero attached hydrogens (tertiary/aromatic N) is 3. The van der Waals surface area contributed by atoms with E-state index in [1.807, 2.05) is 6.07 Å². The van der Waals surface area contributed by atoms with Gasteiger partial charge in [-0.15, -0.1) is 0 Å². The van der Waals surface area contributed by atoms with Crippen LogP contribution in [0.5, 0.6) is 0 Å². The number of hydrogen-bond acceptors (Lipinski definition) is 4. The Balaban J connectivity index is 2.39. The van der Waals surface area contributed by atoms with Gasteiger partial charge in [-0.05, 0) is 5.56 Å². The maximum Gasteiger partial charge on any atom is 0.329 e. The minimum Gasteiger partial charge on any atom is -0.478 e. The molecule has 2 rings (SSSR count). The van der Waals surface area contributed by atoms with E-state index < -0.39 is 5.97 Å². The van der Waals surface area contributed by atoms with Gasteiger partial charge in [-0.2, -0.15) is 5.26 Å². The fourth-order valence-electron chi connectivity index (χ4n) is 1.62. The highest BCUT2D eigenvalue weighted by Gasteiger charge is 2.07. The first-order chi connectivity index (χ1) is 9.99. The Hall–Kier alpha value is -2.42. The van der Waals surface area contributed by atoms with Gasteiger partial charge in [0, 0.05) is 17.7 Å². The molecule has 0 saturated heterocycles. The predicted molar refractivity (Wildman–Crippen MR) is 78.7 cm³/mol. The normalized spacial score (nSPS) is 11.0. The van der Waals surface area contributed by atoms with Crippen LogP contribution in [0, 0.1) is 11.3 Å². The molecule has 2 aromatic rings. The van der Waals surface area contributed by atoms with Crippen LogP contribution in [0.4, 0.5) is 0 Å². The highest BCUT2D eigenvalue weighted by Crippen LogP contribution is 2.22. The highest BCUT2D eigenvalue weighted by molar-refractivity contribution is 6.33. The van der Waals surface area contributed by atoms with Gasteiger partial charge in [0.25, 0.3) is 0 Å². The monoisotopic (exact) mass is 319 g/mol. The number of aromatic nitrogens is 2. The molecule has 0 bridgehead atoms. The van der Waals surface area contributed by atoms with Gasteiger partial charge in [-0.25, -0.2) is 14.8 Å². The minimum absolute atomic E-state index is 0.0547. The molecule has 1 N–H and O–H groups in total. The van der Waals surface area contributed by atoms with Crippen LogP contribution in [-0.4, -0.2) is 21.0 Å². The van der Waals surface area contributed by atoms with Crippen molar-refractivity contribution in [1.29, 1.82) is 5.26 Å². The van der Waals surface area contributed by atoms with Gasteiger partial charge in [-0.3, -0.25) is 0 Å². The van der Waals surface area contributed by atoms with Crippen LogP contribution < -0.4 is 0 Å². The molecule has 0 aliphatic carbocycles. The van der Waals surface area contributed by atoms with E-state index in [0.29, 0.717) is 17.0 Å². The molecule has 1 heterocycles. The van der Waals surface area contributed by atoms with E-state index in [9.17, 15) is 4.79 Å². The number of benzene rings is 1. The van der Waals surface area contributed by atoms with Crippen LogP contribution >= 0.6 is 23.2 Å². The van der Waals surface area contributed by atoms with Crippen LogP contribution in [0.25, 0.3) is 17.0 Å². The third-order valence-electron chi connectivity index (χ3n) is 2.51. The molecule has 0 unspecified atom stereocenters. The molecule has 0 aliphatic rings. The average Bonchev–Trinajstić information content (AvgIpc) is 2.44. The highest BCUT2D eigenvalue weighted by atomic mass is 35.5. The van der Waals surface area contributed by atoms with E-state index >= 15 is 0 Å². The molecule has 7 heteroatoms. The summed E-state index contributed by atoms with van der Waals surface area (Å²) in [6.45, 7) is 0. The molecule has 0 aliphatic heterocycles. The summed E-state index contributed by atoms with van der Waals surface area (Å²) in [6, 6.07) is 9.77. The van der Waals surface area contributed by atoms with Gasteiger partial charge < -0.3 is 5.11 Å². The minimum atomic E-state index is -1.18. The van der Waals surface area contributed by atoms with Gasteiger partial charge in [0.2, 0.25) is 0 Å². The van der Waals surface area contributed by atoms with Gasteiger partial charge >= 0.3 is 5.97 Å². The average molecular weight is 320 g/mol. The van der Waals surface area contributed by atoms with Crippen molar-refractivity contribution in [2.24, 2.45) is 0 Å². The topological polar surface area (TPSA) is 86.9 Å². The molecule has 5 nitrogen and oxygen atoms in total. The molecule has 0 fully saturated rings. The predicted octanol–water partition coefficient (Wildman–Crippen LogP) is 3.44. The first-order valence-corrected chi connectivity index (χ1v) is 6.41. The number of rotatable bonds is 3. The van der Waals surface area contributed by atoms with Crippen LogP contribution in [0.3, 0.4) is 0 Å². The number of allylic oxidation sites excluding steroid dienone is 1. The van der Waals surface area contributed by atoms with Crippen molar-refractivity contribution in [3.05, 3.63) is 52.3 Å². The molecule has 0 amide bonds. The van der Waals surface area contributed by atoms with Crippen LogP contribution in [-0.2, 0) is 4.79 Å². The maximum absolute atomic E-state index is 10.6. The number of carboxylic acids is 1.